The van der Waals surface area contributed by atoms with Gasteiger partial charge < -0.3 is 17.2 Å². The Balaban J connectivity index is -0.000000171. The van der Waals surface area contributed by atoms with Gasteiger partial charge in [0.05, 0.1) is 0 Å². The van der Waals surface area contributed by atoms with Crippen LogP contribution >= 0.6 is 0 Å². The van der Waals surface area contributed by atoms with E-state index in [9.17, 15) is 14.4 Å². The maximum absolute atomic E-state index is 9.22. The Labute approximate surface area is 109 Å². The van der Waals surface area contributed by atoms with Gasteiger partial charge in [0, 0.05) is 20.8 Å². The number of hydrogen-bond acceptors (Lipinski definition) is 3. The summed E-state index contributed by atoms with van der Waals surface area (Å²) in [5.74, 6) is -1.000. The number of primary amides is 3. The zero-order valence-electron chi connectivity index (χ0n) is 11.7. The van der Waals surface area contributed by atoms with Crippen molar-refractivity contribution in [3.05, 3.63) is 0 Å². The highest BCUT2D eigenvalue weighted by Gasteiger charge is 1.95. The Morgan fingerprint density at radius 1 is 0.556 bits per heavy atom. The summed E-state index contributed by atoms with van der Waals surface area (Å²) in [5.41, 5.74) is 13.4. The summed E-state index contributed by atoms with van der Waals surface area (Å²) in [7, 11) is 0. The molecule has 1 saturated carbocycles. The van der Waals surface area contributed by atoms with Gasteiger partial charge in [-0.15, -0.1) is 0 Å². The lowest BCUT2D eigenvalue weighted by atomic mass is 10.0. The van der Waals surface area contributed by atoms with Crippen LogP contribution in [0.4, 0.5) is 0 Å². The standard InChI is InChI=1S/C6H12.3C2H5NO/c1-2-4-6-5-3-1;3*1-2(3)4/h1-6H2;3*1H3,(H2,3,4). The van der Waals surface area contributed by atoms with Crippen LogP contribution < -0.4 is 17.2 Å². The first kappa shape index (κ1) is 21.7. The monoisotopic (exact) mass is 261 g/mol. The molecule has 1 aliphatic carbocycles. The molecule has 6 nitrogen and oxygen atoms in total. The number of amides is 3. The average molecular weight is 261 g/mol. The maximum Gasteiger partial charge on any atom is 0.214 e. The second-order valence-corrected chi connectivity index (χ2v) is 3.95. The minimum atomic E-state index is -0.333. The number of hydrogen-bond donors (Lipinski definition) is 3. The third-order valence-corrected chi connectivity index (χ3v) is 1.50. The number of nitrogens with two attached hydrogens (primary N) is 3. The van der Waals surface area contributed by atoms with Gasteiger partial charge in [0.15, 0.2) is 0 Å². The summed E-state index contributed by atoms with van der Waals surface area (Å²) in [6.07, 6.45) is 9.00. The van der Waals surface area contributed by atoms with Crippen LogP contribution in [0.15, 0.2) is 0 Å². The van der Waals surface area contributed by atoms with Crippen molar-refractivity contribution in [2.75, 3.05) is 0 Å². The number of carbonyl (C=O) groups excluding carboxylic acids is 3. The van der Waals surface area contributed by atoms with E-state index in [1.807, 2.05) is 0 Å². The molecule has 108 valence electrons. The Morgan fingerprint density at radius 2 is 0.611 bits per heavy atom. The minimum Gasteiger partial charge on any atom is -0.370 e. The molecule has 0 heterocycles. The van der Waals surface area contributed by atoms with Crippen LogP contribution in [0.1, 0.15) is 59.3 Å². The Bertz CT molecular complexity index is 175. The van der Waals surface area contributed by atoms with Crippen LogP contribution in [0.2, 0.25) is 0 Å². The highest BCUT2D eigenvalue weighted by Crippen LogP contribution is 2.15. The fourth-order valence-electron chi connectivity index (χ4n) is 1.06. The lowest BCUT2D eigenvalue weighted by Gasteiger charge is -2.05. The lowest BCUT2D eigenvalue weighted by Crippen LogP contribution is -2.01. The van der Waals surface area contributed by atoms with Crippen molar-refractivity contribution in [1.82, 2.24) is 0 Å². The van der Waals surface area contributed by atoms with Crippen molar-refractivity contribution in [2.24, 2.45) is 17.2 Å². The van der Waals surface area contributed by atoms with Gasteiger partial charge >= 0.3 is 0 Å². The summed E-state index contributed by atoms with van der Waals surface area (Å²) in [6.45, 7) is 3.92. The molecule has 0 aromatic rings. The summed E-state index contributed by atoms with van der Waals surface area (Å²) in [6, 6.07) is 0. The summed E-state index contributed by atoms with van der Waals surface area (Å²) in [5, 5.41) is 0. The van der Waals surface area contributed by atoms with Gasteiger partial charge in [0.2, 0.25) is 17.7 Å². The van der Waals surface area contributed by atoms with Gasteiger partial charge in [0.1, 0.15) is 0 Å². The molecule has 1 rings (SSSR count). The van der Waals surface area contributed by atoms with Crippen LogP contribution in [0.5, 0.6) is 0 Å². The minimum absolute atomic E-state index is 0.333. The van der Waals surface area contributed by atoms with E-state index in [0.717, 1.165) is 0 Å². The van der Waals surface area contributed by atoms with Gasteiger partial charge in [0.25, 0.3) is 0 Å². The summed E-state index contributed by atoms with van der Waals surface area (Å²) < 4.78 is 0. The molecule has 0 bridgehead atoms. The summed E-state index contributed by atoms with van der Waals surface area (Å²) >= 11 is 0. The van der Waals surface area contributed by atoms with E-state index in [0.29, 0.717) is 0 Å². The molecule has 0 spiro atoms. The van der Waals surface area contributed by atoms with Crippen LogP contribution in [0, 0.1) is 0 Å². The first-order valence-corrected chi connectivity index (χ1v) is 5.98. The molecule has 3 amide bonds. The fourth-order valence-corrected chi connectivity index (χ4v) is 1.06. The molecule has 6 heteroatoms. The van der Waals surface area contributed by atoms with Gasteiger partial charge in [-0.3, -0.25) is 14.4 Å². The van der Waals surface area contributed by atoms with Crippen LogP contribution in [0.25, 0.3) is 0 Å². The smallest absolute Gasteiger partial charge is 0.214 e. The molecule has 0 aromatic heterocycles. The molecular weight excluding hydrogens is 234 g/mol. The average Bonchev–Trinajstić information content (AvgIpc) is 2.17. The highest BCUT2D eigenvalue weighted by atomic mass is 16.1. The molecule has 0 unspecified atom stereocenters. The van der Waals surface area contributed by atoms with Crippen molar-refractivity contribution in [3.8, 4) is 0 Å². The van der Waals surface area contributed by atoms with Crippen molar-refractivity contribution >= 4 is 17.7 Å². The quantitative estimate of drug-likeness (QED) is 0.596. The van der Waals surface area contributed by atoms with Crippen molar-refractivity contribution in [3.63, 3.8) is 0 Å². The zero-order valence-corrected chi connectivity index (χ0v) is 11.7. The first-order valence-electron chi connectivity index (χ1n) is 5.98. The molecule has 0 atom stereocenters. The molecule has 18 heavy (non-hydrogen) atoms. The van der Waals surface area contributed by atoms with E-state index in [2.05, 4.69) is 17.2 Å². The maximum atomic E-state index is 9.22. The highest BCUT2D eigenvalue weighted by molar-refractivity contribution is 5.70. The normalized spacial score (nSPS) is 12.2. The van der Waals surface area contributed by atoms with E-state index in [4.69, 9.17) is 0 Å². The fraction of sp³-hybridized carbons (Fsp3) is 0.750. The second-order valence-electron chi connectivity index (χ2n) is 3.95. The van der Waals surface area contributed by atoms with Crippen LogP contribution in [-0.4, -0.2) is 17.7 Å². The lowest BCUT2D eigenvalue weighted by molar-refractivity contribution is -0.116. The van der Waals surface area contributed by atoms with Gasteiger partial charge in [-0.05, 0) is 0 Å². The topological polar surface area (TPSA) is 129 Å². The zero-order chi connectivity index (χ0) is 15.0. The van der Waals surface area contributed by atoms with Crippen LogP contribution in [0.3, 0.4) is 0 Å². The Hall–Kier alpha value is -1.59. The van der Waals surface area contributed by atoms with E-state index < -0.39 is 0 Å². The van der Waals surface area contributed by atoms with E-state index >= 15 is 0 Å². The molecule has 0 aromatic carbocycles. The molecule has 1 aliphatic rings. The van der Waals surface area contributed by atoms with Crippen molar-refractivity contribution < 1.29 is 14.4 Å². The van der Waals surface area contributed by atoms with Gasteiger partial charge in [-0.2, -0.15) is 0 Å². The molecule has 0 aliphatic heterocycles. The van der Waals surface area contributed by atoms with E-state index in [1.165, 1.54) is 59.3 Å². The van der Waals surface area contributed by atoms with Crippen LogP contribution in [-0.2, 0) is 14.4 Å². The molecule has 6 N–H and O–H groups in total. The van der Waals surface area contributed by atoms with E-state index in [1.54, 1.807) is 0 Å². The Morgan fingerprint density at radius 3 is 0.667 bits per heavy atom. The predicted octanol–water partition coefficient (Wildman–Crippen LogP) is 0.815. The largest absolute Gasteiger partial charge is 0.370 e. The third-order valence-electron chi connectivity index (χ3n) is 1.50. The Kier molecular flexibility index (Phi) is 21.4. The molecule has 0 radical (unpaired) electrons. The van der Waals surface area contributed by atoms with Gasteiger partial charge in [-0.1, -0.05) is 38.5 Å². The van der Waals surface area contributed by atoms with Crippen molar-refractivity contribution in [2.45, 2.75) is 59.3 Å². The molecular formula is C12H27N3O3. The van der Waals surface area contributed by atoms with Gasteiger partial charge in [-0.25, -0.2) is 0 Å². The predicted molar refractivity (Wildman–Crippen MR) is 72.3 cm³/mol. The SMILES string of the molecule is C1CCCCC1.CC(N)=O.CC(N)=O.CC(N)=O. The third kappa shape index (κ3) is 133. The first-order chi connectivity index (χ1) is 8.20. The molecule has 1 fully saturated rings. The second kappa shape index (κ2) is 17.8. The molecule has 0 saturated heterocycles. The summed E-state index contributed by atoms with van der Waals surface area (Å²) in [4.78, 5) is 27.7. The number of carbonyl (C=O) groups is 3. The van der Waals surface area contributed by atoms with E-state index in [-0.39, 0.29) is 17.7 Å². The number of rotatable bonds is 0. The van der Waals surface area contributed by atoms with Crippen molar-refractivity contribution in [1.29, 1.82) is 0 Å².